The van der Waals surface area contributed by atoms with Gasteiger partial charge < -0.3 is 10.6 Å². The lowest BCUT2D eigenvalue weighted by atomic mass is 10.3. The largest absolute Gasteiger partial charge is 0.383 e. The van der Waals surface area contributed by atoms with Crippen molar-refractivity contribution in [1.82, 2.24) is 14.7 Å². The fourth-order valence-corrected chi connectivity index (χ4v) is 2.29. The average Bonchev–Trinajstić information content (AvgIpc) is 2.66. The monoisotopic (exact) mass is 306 g/mol. The van der Waals surface area contributed by atoms with Crippen molar-refractivity contribution in [1.29, 1.82) is 0 Å². The van der Waals surface area contributed by atoms with Gasteiger partial charge in [-0.2, -0.15) is 5.10 Å². The van der Waals surface area contributed by atoms with Crippen LogP contribution >= 0.6 is 22.6 Å². The molecule has 0 aromatic carbocycles. The quantitative estimate of drug-likeness (QED) is 0.795. The second kappa shape index (κ2) is 3.69. The van der Waals surface area contributed by atoms with Crippen molar-refractivity contribution in [2.75, 3.05) is 25.9 Å². The second-order valence-corrected chi connectivity index (χ2v) is 5.01. The molecule has 1 unspecified atom stereocenters. The van der Waals surface area contributed by atoms with Gasteiger partial charge in [-0.3, -0.25) is 0 Å². The van der Waals surface area contributed by atoms with Crippen molar-refractivity contribution < 1.29 is 0 Å². The van der Waals surface area contributed by atoms with Crippen molar-refractivity contribution in [3.63, 3.8) is 0 Å². The summed E-state index contributed by atoms with van der Waals surface area (Å²) in [7, 11) is 2.14. The number of aryl methyl sites for hydroxylation is 1. The zero-order chi connectivity index (χ0) is 10.3. The van der Waals surface area contributed by atoms with Gasteiger partial charge in [0.25, 0.3) is 0 Å². The van der Waals surface area contributed by atoms with Gasteiger partial charge >= 0.3 is 0 Å². The predicted molar refractivity (Wildman–Crippen MR) is 65.2 cm³/mol. The highest BCUT2D eigenvalue weighted by Crippen LogP contribution is 2.26. The molecule has 1 fully saturated rings. The molecule has 0 saturated carbocycles. The smallest absolute Gasteiger partial charge is 0.135 e. The molecule has 78 valence electrons. The molecule has 1 aliphatic heterocycles. The lowest BCUT2D eigenvalue weighted by Gasteiger charge is -2.12. The number of halogens is 1. The number of hydrogen-bond acceptors (Lipinski definition) is 3. The molecule has 0 aliphatic carbocycles. The molecule has 1 saturated heterocycles. The highest BCUT2D eigenvalue weighted by atomic mass is 127. The summed E-state index contributed by atoms with van der Waals surface area (Å²) in [5.74, 6) is 0.823. The van der Waals surface area contributed by atoms with Gasteiger partial charge in [0.2, 0.25) is 0 Å². The van der Waals surface area contributed by atoms with Gasteiger partial charge in [0, 0.05) is 13.1 Å². The molecule has 5 heteroatoms. The number of hydrogen-bond donors (Lipinski definition) is 1. The first kappa shape index (κ1) is 10.2. The number of anilines is 1. The first-order chi connectivity index (χ1) is 6.59. The molecule has 0 bridgehead atoms. The predicted octanol–water partition coefficient (Wildman–Crippen LogP) is 1.25. The summed E-state index contributed by atoms with van der Waals surface area (Å²) in [4.78, 5) is 2.31. The minimum atomic E-state index is 0.460. The highest BCUT2D eigenvalue weighted by molar-refractivity contribution is 14.1. The number of rotatable bonds is 1. The molecule has 2 N–H and O–H groups in total. The Hall–Kier alpha value is -0.300. The fraction of sp³-hybridized carbons (Fsp3) is 0.667. The Bertz CT molecular complexity index is 347. The van der Waals surface area contributed by atoms with Gasteiger partial charge in [-0.15, -0.1) is 0 Å². The van der Waals surface area contributed by atoms with E-state index in [0.29, 0.717) is 6.04 Å². The van der Waals surface area contributed by atoms with Gasteiger partial charge in [0.15, 0.2) is 0 Å². The summed E-state index contributed by atoms with van der Waals surface area (Å²) >= 11 is 2.26. The van der Waals surface area contributed by atoms with Gasteiger partial charge in [-0.1, -0.05) is 0 Å². The molecule has 2 rings (SSSR count). The van der Waals surface area contributed by atoms with E-state index < -0.39 is 0 Å². The van der Waals surface area contributed by atoms with E-state index in [0.717, 1.165) is 34.6 Å². The van der Waals surface area contributed by atoms with Crippen LogP contribution in [0, 0.1) is 10.5 Å². The van der Waals surface area contributed by atoms with Crippen LogP contribution in [0.15, 0.2) is 0 Å². The van der Waals surface area contributed by atoms with Crippen LogP contribution < -0.4 is 5.73 Å². The Balaban J connectivity index is 2.28. The molecule has 1 atom stereocenters. The standard InChI is InChI=1S/C9H15IN4/c1-6-8(10)9(11)14(12-6)7-3-4-13(2)5-7/h7H,3-5,11H2,1-2H3. The van der Waals surface area contributed by atoms with E-state index in [2.05, 4.69) is 39.6 Å². The average molecular weight is 306 g/mol. The van der Waals surface area contributed by atoms with E-state index in [1.165, 1.54) is 0 Å². The molecular weight excluding hydrogens is 291 g/mol. The third-order valence-electron chi connectivity index (χ3n) is 2.76. The number of likely N-dealkylation sites (N-methyl/N-ethyl adjacent to an activating group) is 1. The van der Waals surface area contributed by atoms with Gasteiger partial charge in [-0.05, 0) is 43.0 Å². The SMILES string of the molecule is Cc1nn(C2CCN(C)C2)c(N)c1I. The Morgan fingerprint density at radius 1 is 1.57 bits per heavy atom. The van der Waals surface area contributed by atoms with Crippen LogP contribution in [0.25, 0.3) is 0 Å². The number of nitrogens with zero attached hydrogens (tertiary/aromatic N) is 3. The van der Waals surface area contributed by atoms with Crippen LogP contribution in [0.3, 0.4) is 0 Å². The number of nitrogen functional groups attached to an aromatic ring is 1. The topological polar surface area (TPSA) is 47.1 Å². The van der Waals surface area contributed by atoms with Crippen molar-refractivity contribution in [3.8, 4) is 0 Å². The van der Waals surface area contributed by atoms with Crippen LogP contribution in [0.5, 0.6) is 0 Å². The fourth-order valence-electron chi connectivity index (χ4n) is 1.94. The molecule has 1 aliphatic rings. The number of nitrogens with two attached hydrogens (primary N) is 1. The zero-order valence-corrected chi connectivity index (χ0v) is 10.7. The molecule has 1 aromatic heterocycles. The van der Waals surface area contributed by atoms with Crippen molar-refractivity contribution >= 4 is 28.4 Å². The lowest BCUT2D eigenvalue weighted by Crippen LogP contribution is -2.18. The maximum absolute atomic E-state index is 6.00. The van der Waals surface area contributed by atoms with Crippen molar-refractivity contribution in [3.05, 3.63) is 9.26 Å². The molecule has 14 heavy (non-hydrogen) atoms. The van der Waals surface area contributed by atoms with Crippen LogP contribution in [0.2, 0.25) is 0 Å². The molecule has 0 spiro atoms. The Kier molecular flexibility index (Phi) is 2.70. The van der Waals surface area contributed by atoms with E-state index in [4.69, 9.17) is 5.73 Å². The van der Waals surface area contributed by atoms with E-state index in [1.807, 2.05) is 11.6 Å². The summed E-state index contributed by atoms with van der Waals surface area (Å²) in [6.07, 6.45) is 1.15. The van der Waals surface area contributed by atoms with Crippen molar-refractivity contribution in [2.24, 2.45) is 0 Å². The zero-order valence-electron chi connectivity index (χ0n) is 8.50. The van der Waals surface area contributed by atoms with Gasteiger partial charge in [0.05, 0.1) is 15.3 Å². The molecule has 1 aromatic rings. The molecule has 2 heterocycles. The number of likely N-dealkylation sites (tertiary alicyclic amines) is 1. The highest BCUT2D eigenvalue weighted by Gasteiger charge is 2.24. The van der Waals surface area contributed by atoms with E-state index in [9.17, 15) is 0 Å². The lowest BCUT2D eigenvalue weighted by molar-refractivity contribution is 0.383. The second-order valence-electron chi connectivity index (χ2n) is 3.93. The first-order valence-corrected chi connectivity index (χ1v) is 5.86. The molecular formula is C9H15IN4. The van der Waals surface area contributed by atoms with E-state index in [-0.39, 0.29) is 0 Å². The Morgan fingerprint density at radius 3 is 2.71 bits per heavy atom. The van der Waals surface area contributed by atoms with Gasteiger partial charge in [-0.25, -0.2) is 4.68 Å². The Labute approximate surface area is 97.6 Å². The number of aromatic nitrogens is 2. The summed E-state index contributed by atoms with van der Waals surface area (Å²) in [5, 5.41) is 4.48. The maximum atomic E-state index is 6.00. The summed E-state index contributed by atoms with van der Waals surface area (Å²) in [5.41, 5.74) is 7.04. The first-order valence-electron chi connectivity index (χ1n) is 4.78. The van der Waals surface area contributed by atoms with E-state index in [1.54, 1.807) is 0 Å². The molecule has 0 radical (unpaired) electrons. The normalized spacial score (nSPS) is 23.2. The Morgan fingerprint density at radius 2 is 2.29 bits per heavy atom. The minimum Gasteiger partial charge on any atom is -0.383 e. The van der Waals surface area contributed by atoms with Crippen molar-refractivity contribution in [2.45, 2.75) is 19.4 Å². The molecule has 4 nitrogen and oxygen atoms in total. The van der Waals surface area contributed by atoms with Gasteiger partial charge in [0.1, 0.15) is 5.82 Å². The summed E-state index contributed by atoms with van der Waals surface area (Å²) in [6.45, 7) is 4.20. The van der Waals surface area contributed by atoms with Crippen LogP contribution in [-0.4, -0.2) is 34.8 Å². The molecule has 0 amide bonds. The summed E-state index contributed by atoms with van der Waals surface area (Å²) in [6, 6.07) is 0.460. The maximum Gasteiger partial charge on any atom is 0.135 e. The third kappa shape index (κ3) is 1.63. The summed E-state index contributed by atoms with van der Waals surface area (Å²) < 4.78 is 3.08. The van der Waals surface area contributed by atoms with Crippen LogP contribution in [0.1, 0.15) is 18.2 Å². The third-order valence-corrected chi connectivity index (χ3v) is 4.09. The van der Waals surface area contributed by atoms with E-state index >= 15 is 0 Å². The minimum absolute atomic E-state index is 0.460. The van der Waals surface area contributed by atoms with Crippen LogP contribution in [-0.2, 0) is 0 Å². The van der Waals surface area contributed by atoms with Crippen LogP contribution in [0.4, 0.5) is 5.82 Å².